The summed E-state index contributed by atoms with van der Waals surface area (Å²) in [4.78, 5) is 29.7. The Morgan fingerprint density at radius 1 is 1.38 bits per heavy atom. The number of carboxylic acids is 1. The lowest BCUT2D eigenvalue weighted by Gasteiger charge is -2.23. The third-order valence-electron chi connectivity index (χ3n) is 5.23. The van der Waals surface area contributed by atoms with Gasteiger partial charge < -0.3 is 15.0 Å². The number of likely N-dealkylation sites (tertiary alicyclic amines) is 1. The van der Waals surface area contributed by atoms with E-state index in [0.29, 0.717) is 19.0 Å². The van der Waals surface area contributed by atoms with Crippen LogP contribution in [-0.2, 0) is 16.1 Å². The van der Waals surface area contributed by atoms with E-state index in [2.05, 4.69) is 17.2 Å². The van der Waals surface area contributed by atoms with Crippen LogP contribution in [-0.4, -0.2) is 57.1 Å². The maximum atomic E-state index is 12.8. The summed E-state index contributed by atoms with van der Waals surface area (Å²) in [5.41, 5.74) is -0.308. The molecule has 1 aromatic rings. The number of imidazole rings is 1. The number of carboxylic acid groups (broad SMARTS) is 1. The van der Waals surface area contributed by atoms with Crippen molar-refractivity contribution in [3.63, 3.8) is 0 Å². The van der Waals surface area contributed by atoms with Gasteiger partial charge in [-0.3, -0.25) is 14.5 Å². The molecule has 2 N–H and O–H groups in total. The first-order valence-corrected chi connectivity index (χ1v) is 8.73. The fraction of sp³-hybridized carbons (Fsp3) is 0.706. The van der Waals surface area contributed by atoms with Crippen LogP contribution in [0.5, 0.6) is 0 Å². The summed E-state index contributed by atoms with van der Waals surface area (Å²) >= 11 is 0. The number of aliphatic carboxylic acids is 1. The summed E-state index contributed by atoms with van der Waals surface area (Å²) in [5, 5.41) is 12.2. The standard InChI is InChI=1S/C17H26N4O3/c1-2-3-13-8-21(10-15(22)23)9-14(13)19-16(24)17(4-5-17)11-20-7-6-18-12-20/h6-7,12-14H,2-5,8-11H2,1H3,(H,19,24)(H,22,23)/t13-,14-/m1/s1. The molecular weight excluding hydrogens is 308 g/mol. The molecule has 24 heavy (non-hydrogen) atoms. The Morgan fingerprint density at radius 3 is 2.75 bits per heavy atom. The van der Waals surface area contributed by atoms with E-state index >= 15 is 0 Å². The molecule has 0 bridgehead atoms. The molecule has 2 heterocycles. The van der Waals surface area contributed by atoms with Gasteiger partial charge in [-0.15, -0.1) is 0 Å². The minimum Gasteiger partial charge on any atom is -0.480 e. The molecule has 0 spiro atoms. The molecule has 1 saturated carbocycles. The van der Waals surface area contributed by atoms with Crippen LogP contribution in [0.25, 0.3) is 0 Å². The van der Waals surface area contributed by atoms with Crippen LogP contribution in [0, 0.1) is 11.3 Å². The topological polar surface area (TPSA) is 87.5 Å². The number of amides is 1. The lowest BCUT2D eigenvalue weighted by atomic mass is 9.97. The first-order valence-electron chi connectivity index (χ1n) is 8.73. The number of aromatic nitrogens is 2. The molecule has 7 heteroatoms. The van der Waals surface area contributed by atoms with Gasteiger partial charge in [0.05, 0.1) is 18.3 Å². The van der Waals surface area contributed by atoms with E-state index in [1.165, 1.54) is 0 Å². The first kappa shape index (κ1) is 17.0. The number of nitrogens with zero attached hydrogens (tertiary/aromatic N) is 3. The zero-order valence-corrected chi connectivity index (χ0v) is 14.1. The van der Waals surface area contributed by atoms with Crippen LogP contribution in [0.4, 0.5) is 0 Å². The minimum atomic E-state index is -0.809. The van der Waals surface area contributed by atoms with Gasteiger partial charge in [0, 0.05) is 38.1 Å². The highest BCUT2D eigenvalue weighted by atomic mass is 16.4. The van der Waals surface area contributed by atoms with Crippen LogP contribution in [0.3, 0.4) is 0 Å². The number of hydrogen-bond acceptors (Lipinski definition) is 4. The summed E-state index contributed by atoms with van der Waals surface area (Å²) in [5.74, 6) is -0.363. The lowest BCUT2D eigenvalue weighted by Crippen LogP contribution is -2.45. The Labute approximate surface area is 142 Å². The van der Waals surface area contributed by atoms with E-state index in [1.54, 1.807) is 12.5 Å². The fourth-order valence-electron chi connectivity index (χ4n) is 3.77. The third kappa shape index (κ3) is 3.77. The minimum absolute atomic E-state index is 0.0484. The van der Waals surface area contributed by atoms with E-state index in [4.69, 9.17) is 5.11 Å². The van der Waals surface area contributed by atoms with Gasteiger partial charge in [0.15, 0.2) is 0 Å². The quantitative estimate of drug-likeness (QED) is 0.739. The Kier molecular flexibility index (Phi) is 4.89. The van der Waals surface area contributed by atoms with Gasteiger partial charge in [0.1, 0.15) is 0 Å². The number of rotatable bonds is 8. The largest absolute Gasteiger partial charge is 0.480 e. The smallest absolute Gasteiger partial charge is 0.317 e. The molecule has 1 aliphatic heterocycles. The van der Waals surface area contributed by atoms with Gasteiger partial charge in [0.25, 0.3) is 0 Å². The van der Waals surface area contributed by atoms with Crippen molar-refractivity contribution in [2.45, 2.75) is 45.2 Å². The van der Waals surface area contributed by atoms with Crippen LogP contribution < -0.4 is 5.32 Å². The van der Waals surface area contributed by atoms with E-state index in [1.807, 2.05) is 15.7 Å². The molecule has 1 aromatic heterocycles. The average Bonchev–Trinajstić information content (AvgIpc) is 2.94. The summed E-state index contributed by atoms with van der Waals surface area (Å²) in [7, 11) is 0. The Balaban J connectivity index is 1.60. The second-order valence-electron chi connectivity index (χ2n) is 7.23. The molecule has 1 amide bonds. The summed E-state index contributed by atoms with van der Waals surface area (Å²) in [6.45, 7) is 4.22. The van der Waals surface area contributed by atoms with Crippen LogP contribution in [0.15, 0.2) is 18.7 Å². The van der Waals surface area contributed by atoms with Crippen molar-refractivity contribution in [3.8, 4) is 0 Å². The highest BCUT2D eigenvalue weighted by molar-refractivity contribution is 5.85. The van der Waals surface area contributed by atoms with Gasteiger partial charge in [-0.2, -0.15) is 0 Å². The van der Waals surface area contributed by atoms with Gasteiger partial charge in [0.2, 0.25) is 5.91 Å². The summed E-state index contributed by atoms with van der Waals surface area (Å²) in [6.07, 6.45) is 9.22. The van der Waals surface area contributed by atoms with E-state index in [9.17, 15) is 9.59 Å². The highest BCUT2D eigenvalue weighted by Crippen LogP contribution is 2.47. The Hall–Kier alpha value is -1.89. The molecule has 2 aliphatic rings. The molecule has 1 saturated heterocycles. The fourth-order valence-corrected chi connectivity index (χ4v) is 3.77. The SMILES string of the molecule is CCC[C@@H]1CN(CC(=O)O)C[C@H]1NC(=O)C1(Cn2ccnc2)CC1. The van der Waals surface area contributed by atoms with Crippen molar-refractivity contribution in [2.24, 2.45) is 11.3 Å². The maximum Gasteiger partial charge on any atom is 0.317 e. The van der Waals surface area contributed by atoms with Crippen molar-refractivity contribution in [1.29, 1.82) is 0 Å². The van der Waals surface area contributed by atoms with Crippen LogP contribution in [0.1, 0.15) is 32.6 Å². The van der Waals surface area contributed by atoms with Crippen LogP contribution in [0.2, 0.25) is 0 Å². The predicted octanol–water partition coefficient (Wildman–Crippen LogP) is 0.965. The molecular formula is C17H26N4O3. The normalized spacial score (nSPS) is 25.5. The molecule has 0 aromatic carbocycles. The molecule has 1 aliphatic carbocycles. The number of carbonyl (C=O) groups is 2. The number of nitrogens with one attached hydrogen (secondary N) is 1. The van der Waals surface area contributed by atoms with Gasteiger partial charge in [-0.1, -0.05) is 13.3 Å². The van der Waals surface area contributed by atoms with Crippen molar-refractivity contribution in [3.05, 3.63) is 18.7 Å². The van der Waals surface area contributed by atoms with Crippen molar-refractivity contribution in [2.75, 3.05) is 19.6 Å². The van der Waals surface area contributed by atoms with E-state index < -0.39 is 5.97 Å². The molecule has 7 nitrogen and oxygen atoms in total. The van der Waals surface area contributed by atoms with Crippen molar-refractivity contribution < 1.29 is 14.7 Å². The average molecular weight is 334 g/mol. The molecule has 0 unspecified atom stereocenters. The Morgan fingerprint density at radius 2 is 2.17 bits per heavy atom. The highest BCUT2D eigenvalue weighted by Gasteiger charge is 2.51. The predicted molar refractivity (Wildman–Crippen MR) is 88.3 cm³/mol. The Bertz CT molecular complexity index is 583. The van der Waals surface area contributed by atoms with Gasteiger partial charge in [-0.05, 0) is 25.2 Å². The molecule has 132 valence electrons. The van der Waals surface area contributed by atoms with Crippen LogP contribution >= 0.6 is 0 Å². The molecule has 2 fully saturated rings. The number of carbonyl (C=O) groups excluding carboxylic acids is 1. The monoisotopic (exact) mass is 334 g/mol. The zero-order chi connectivity index (χ0) is 17.2. The van der Waals surface area contributed by atoms with Crippen molar-refractivity contribution >= 4 is 11.9 Å². The second-order valence-corrected chi connectivity index (χ2v) is 7.23. The summed E-state index contributed by atoms with van der Waals surface area (Å²) in [6, 6.07) is 0.0528. The second kappa shape index (κ2) is 6.93. The molecule has 3 rings (SSSR count). The zero-order valence-electron chi connectivity index (χ0n) is 14.1. The van der Waals surface area contributed by atoms with Gasteiger partial charge in [-0.25, -0.2) is 4.98 Å². The first-order chi connectivity index (χ1) is 11.5. The lowest BCUT2D eigenvalue weighted by molar-refractivity contribution is -0.138. The summed E-state index contributed by atoms with van der Waals surface area (Å²) < 4.78 is 1.96. The molecule has 0 radical (unpaired) electrons. The molecule has 2 atom stereocenters. The maximum absolute atomic E-state index is 12.8. The van der Waals surface area contributed by atoms with Gasteiger partial charge >= 0.3 is 5.97 Å². The van der Waals surface area contributed by atoms with Crippen molar-refractivity contribution in [1.82, 2.24) is 19.8 Å². The van der Waals surface area contributed by atoms with E-state index in [-0.39, 0.29) is 23.9 Å². The number of hydrogen-bond donors (Lipinski definition) is 2. The third-order valence-corrected chi connectivity index (χ3v) is 5.23. The van der Waals surface area contributed by atoms with E-state index in [0.717, 1.165) is 32.2 Å².